The van der Waals surface area contributed by atoms with E-state index in [4.69, 9.17) is 0 Å². The van der Waals surface area contributed by atoms with E-state index in [2.05, 4.69) is 76.2 Å². The molecule has 3 aromatic carbocycles. The number of piperidine rings is 1. The fourth-order valence-electron chi connectivity index (χ4n) is 7.33. The minimum absolute atomic E-state index is 0.0114. The highest BCUT2D eigenvalue weighted by Gasteiger charge is 2.50. The van der Waals surface area contributed by atoms with Gasteiger partial charge in [0.15, 0.2) is 0 Å². The van der Waals surface area contributed by atoms with Crippen molar-refractivity contribution in [2.24, 2.45) is 0 Å². The first-order chi connectivity index (χ1) is 21.3. The Hall–Kier alpha value is -4.50. The van der Waals surface area contributed by atoms with Crippen LogP contribution in [0.1, 0.15) is 55.7 Å². The molecule has 9 nitrogen and oxygen atoms in total. The van der Waals surface area contributed by atoms with Crippen LogP contribution in [0.3, 0.4) is 0 Å². The second kappa shape index (κ2) is 13.4. The van der Waals surface area contributed by atoms with Gasteiger partial charge in [-0.3, -0.25) is 19.7 Å². The average molecular weight is 596 g/mol. The summed E-state index contributed by atoms with van der Waals surface area (Å²) >= 11 is 0. The van der Waals surface area contributed by atoms with Gasteiger partial charge in [0, 0.05) is 35.7 Å². The zero-order valence-corrected chi connectivity index (χ0v) is 25.4. The van der Waals surface area contributed by atoms with Crippen LogP contribution in [0, 0.1) is 10.1 Å². The molecule has 0 saturated carbocycles. The number of hydrogen-bond donors (Lipinski definition) is 2. The van der Waals surface area contributed by atoms with Gasteiger partial charge in [-0.05, 0) is 69.4 Å². The van der Waals surface area contributed by atoms with Crippen LogP contribution < -0.4 is 10.6 Å². The van der Waals surface area contributed by atoms with E-state index in [1.54, 1.807) is 17.0 Å². The zero-order chi connectivity index (χ0) is 31.2. The largest absolute Gasteiger partial charge is 0.382 e. The highest BCUT2D eigenvalue weighted by molar-refractivity contribution is 5.57. The summed E-state index contributed by atoms with van der Waals surface area (Å²) in [6, 6.07) is 27.5. The Labute approximate surface area is 259 Å². The molecule has 9 heteroatoms. The third kappa shape index (κ3) is 5.97. The Morgan fingerprint density at radius 3 is 2.09 bits per heavy atom. The van der Waals surface area contributed by atoms with Gasteiger partial charge in [-0.2, -0.15) is 0 Å². The maximum atomic E-state index is 12.7. The van der Waals surface area contributed by atoms with Crippen molar-refractivity contribution in [1.82, 2.24) is 20.4 Å². The molecule has 2 aliphatic rings. The summed E-state index contributed by atoms with van der Waals surface area (Å²) in [5, 5.41) is 17.7. The van der Waals surface area contributed by atoms with E-state index in [1.807, 2.05) is 19.9 Å². The number of allylic oxidation sites excluding steroid dienone is 1. The Bertz CT molecular complexity index is 1410. The number of amides is 2. The second-order valence-corrected chi connectivity index (χ2v) is 11.9. The lowest BCUT2D eigenvalue weighted by atomic mass is 9.68. The third-order valence-corrected chi connectivity index (χ3v) is 9.59. The van der Waals surface area contributed by atoms with Crippen molar-refractivity contribution in [1.29, 1.82) is 0 Å². The van der Waals surface area contributed by atoms with Gasteiger partial charge in [0.25, 0.3) is 5.69 Å². The van der Waals surface area contributed by atoms with E-state index in [9.17, 15) is 19.7 Å². The van der Waals surface area contributed by atoms with Crippen LogP contribution in [0.4, 0.5) is 5.69 Å². The van der Waals surface area contributed by atoms with Gasteiger partial charge in [-0.25, -0.2) is 0 Å². The van der Waals surface area contributed by atoms with Crippen molar-refractivity contribution in [2.75, 3.05) is 26.2 Å². The third-order valence-electron chi connectivity index (χ3n) is 9.59. The molecule has 3 atom stereocenters. The zero-order valence-electron chi connectivity index (χ0n) is 25.4. The molecule has 0 aromatic heterocycles. The molecule has 5 rings (SSSR count). The number of benzene rings is 3. The molecule has 3 aromatic rings. The standard InChI is InChI=1S/C35H41N5O4/c1-27-24-33(29-14-16-32(17-15-29)40(43)44)35(36-25-41,28(2)37-27)39(26-42)21-9-20-38-22-18-34(19-23-38,30-10-5-3-6-11-30)31-12-7-4-8-13-31/h3-8,10-17,24-26,28,33,37H,9,18-23H2,1-2H3,(H,36,41). The van der Waals surface area contributed by atoms with E-state index < -0.39 is 16.5 Å². The van der Waals surface area contributed by atoms with Crippen molar-refractivity contribution < 1.29 is 14.5 Å². The van der Waals surface area contributed by atoms with Gasteiger partial charge in [0.2, 0.25) is 12.8 Å². The van der Waals surface area contributed by atoms with Gasteiger partial charge in [0.05, 0.1) is 11.0 Å². The van der Waals surface area contributed by atoms with Crippen molar-refractivity contribution >= 4 is 18.5 Å². The molecular weight excluding hydrogens is 554 g/mol. The van der Waals surface area contributed by atoms with Gasteiger partial charge in [-0.15, -0.1) is 0 Å². The number of rotatable bonds is 12. The van der Waals surface area contributed by atoms with E-state index in [0.29, 0.717) is 13.0 Å². The molecule has 44 heavy (non-hydrogen) atoms. The number of nitro benzene ring substituents is 1. The molecule has 2 aliphatic heterocycles. The number of nitrogens with zero attached hydrogens (tertiary/aromatic N) is 3. The van der Waals surface area contributed by atoms with E-state index in [0.717, 1.165) is 56.6 Å². The molecule has 1 fully saturated rings. The second-order valence-electron chi connectivity index (χ2n) is 11.9. The Balaban J connectivity index is 1.32. The normalized spacial score (nSPS) is 23.1. The molecular formula is C35H41N5O4. The Morgan fingerprint density at radius 1 is 0.977 bits per heavy atom. The number of non-ortho nitro benzene ring substituents is 1. The summed E-state index contributed by atoms with van der Waals surface area (Å²) in [6.45, 7) is 7.01. The van der Waals surface area contributed by atoms with Crippen LogP contribution in [-0.4, -0.2) is 65.4 Å². The number of nitrogens with one attached hydrogen (secondary N) is 2. The Kier molecular flexibility index (Phi) is 9.44. The van der Waals surface area contributed by atoms with Crippen molar-refractivity contribution in [3.05, 3.63) is 124 Å². The highest BCUT2D eigenvalue weighted by atomic mass is 16.6. The molecule has 2 amide bonds. The summed E-state index contributed by atoms with van der Waals surface area (Å²) in [7, 11) is 0. The van der Waals surface area contributed by atoms with Crippen LogP contribution >= 0.6 is 0 Å². The molecule has 2 heterocycles. The van der Waals surface area contributed by atoms with Crippen LogP contribution in [0.2, 0.25) is 0 Å². The molecule has 1 saturated heterocycles. The predicted molar refractivity (Wildman–Crippen MR) is 171 cm³/mol. The van der Waals surface area contributed by atoms with E-state index in [-0.39, 0.29) is 17.1 Å². The summed E-state index contributed by atoms with van der Waals surface area (Å²) in [5.74, 6) is -0.415. The predicted octanol–water partition coefficient (Wildman–Crippen LogP) is 4.95. The quantitative estimate of drug-likeness (QED) is 0.133. The minimum Gasteiger partial charge on any atom is -0.382 e. The summed E-state index contributed by atoms with van der Waals surface area (Å²) < 4.78 is 0. The minimum atomic E-state index is -1.10. The maximum Gasteiger partial charge on any atom is 0.269 e. The molecule has 0 radical (unpaired) electrons. The molecule has 0 spiro atoms. The highest BCUT2D eigenvalue weighted by Crippen LogP contribution is 2.42. The van der Waals surface area contributed by atoms with Gasteiger partial charge >= 0.3 is 0 Å². The topological polar surface area (TPSA) is 108 Å². The lowest BCUT2D eigenvalue weighted by Gasteiger charge is -2.52. The van der Waals surface area contributed by atoms with Gasteiger partial charge in [0.1, 0.15) is 5.66 Å². The first-order valence-electron chi connectivity index (χ1n) is 15.3. The number of likely N-dealkylation sites (tertiary alicyclic amines) is 1. The molecule has 2 N–H and O–H groups in total. The van der Waals surface area contributed by atoms with Crippen molar-refractivity contribution in [3.8, 4) is 0 Å². The lowest BCUT2D eigenvalue weighted by Crippen LogP contribution is -2.72. The summed E-state index contributed by atoms with van der Waals surface area (Å²) in [6.07, 6.45) is 6.16. The van der Waals surface area contributed by atoms with Crippen molar-refractivity contribution in [2.45, 2.75) is 56.1 Å². The lowest BCUT2D eigenvalue weighted by molar-refractivity contribution is -0.384. The van der Waals surface area contributed by atoms with Crippen molar-refractivity contribution in [3.63, 3.8) is 0 Å². The van der Waals surface area contributed by atoms with Crippen LogP contribution in [0.5, 0.6) is 0 Å². The number of nitro groups is 1. The molecule has 230 valence electrons. The fourth-order valence-corrected chi connectivity index (χ4v) is 7.33. The maximum absolute atomic E-state index is 12.7. The SMILES string of the molecule is CC1=CC(c2ccc([N+](=O)[O-])cc2)C(NC=O)(N(C=O)CCCN2CCC(c3ccccc3)(c3ccccc3)CC2)C(C)N1. The van der Waals surface area contributed by atoms with Gasteiger partial charge in [-0.1, -0.05) is 78.9 Å². The molecule has 3 unspecified atom stereocenters. The van der Waals surface area contributed by atoms with E-state index >= 15 is 0 Å². The van der Waals surface area contributed by atoms with Gasteiger partial charge < -0.3 is 20.4 Å². The van der Waals surface area contributed by atoms with Crippen LogP contribution in [0.15, 0.2) is 96.7 Å². The first-order valence-corrected chi connectivity index (χ1v) is 15.3. The van der Waals surface area contributed by atoms with Crippen LogP contribution in [0.25, 0.3) is 0 Å². The fraction of sp³-hybridized carbons (Fsp3) is 0.371. The van der Waals surface area contributed by atoms with Crippen LogP contribution in [-0.2, 0) is 15.0 Å². The molecule has 0 bridgehead atoms. The summed E-state index contributed by atoms with van der Waals surface area (Å²) in [5.41, 5.74) is 3.23. The number of carbonyl (C=O) groups is 2. The van der Waals surface area contributed by atoms with E-state index in [1.165, 1.54) is 23.3 Å². The summed E-state index contributed by atoms with van der Waals surface area (Å²) in [4.78, 5) is 39.8. The smallest absolute Gasteiger partial charge is 0.269 e. The monoisotopic (exact) mass is 595 g/mol. The number of carbonyl (C=O) groups excluding carboxylic acids is 2. The first kappa shape index (κ1) is 30.9. The number of hydrogen-bond acceptors (Lipinski definition) is 6. The average Bonchev–Trinajstić information content (AvgIpc) is 3.05. The Morgan fingerprint density at radius 2 is 1.57 bits per heavy atom. The molecule has 0 aliphatic carbocycles.